The molecular weight excluding hydrogens is 411 g/mol. The van der Waals surface area contributed by atoms with Crippen molar-refractivity contribution >= 4 is 23.3 Å². The number of rotatable bonds is 5. The minimum Gasteiger partial charge on any atom is -0.507 e. The Morgan fingerprint density at radius 3 is 2.34 bits per heavy atom. The fourth-order valence-corrected chi connectivity index (χ4v) is 3.93. The van der Waals surface area contributed by atoms with Crippen molar-refractivity contribution in [2.75, 3.05) is 23.3 Å². The SMILES string of the molecule is O=C(Nc1cc(-c2cccc(F)c2)ccc1C(=O)O)c1cc(N2CCCCC2)ccc1O. The largest absolute Gasteiger partial charge is 0.507 e. The number of phenolic OH excluding ortho intramolecular Hbond substituents is 1. The third-order valence-electron chi connectivity index (χ3n) is 5.60. The summed E-state index contributed by atoms with van der Waals surface area (Å²) in [5.74, 6) is -2.45. The molecule has 1 fully saturated rings. The molecule has 1 saturated heterocycles. The number of hydrogen-bond acceptors (Lipinski definition) is 4. The number of carbonyl (C=O) groups is 2. The first-order valence-electron chi connectivity index (χ1n) is 10.4. The number of aromatic carboxylic acids is 1. The lowest BCUT2D eigenvalue weighted by atomic mass is 10.0. The lowest BCUT2D eigenvalue weighted by Gasteiger charge is -2.29. The van der Waals surface area contributed by atoms with Gasteiger partial charge in [0.1, 0.15) is 11.6 Å². The van der Waals surface area contributed by atoms with Crippen LogP contribution in [0.3, 0.4) is 0 Å². The highest BCUT2D eigenvalue weighted by Gasteiger charge is 2.19. The Kier molecular flexibility index (Phi) is 6.07. The molecule has 7 heteroatoms. The smallest absolute Gasteiger partial charge is 0.337 e. The minimum absolute atomic E-state index is 0.0561. The van der Waals surface area contributed by atoms with Gasteiger partial charge in [0.25, 0.3) is 5.91 Å². The van der Waals surface area contributed by atoms with Crippen molar-refractivity contribution in [1.82, 2.24) is 0 Å². The zero-order valence-corrected chi connectivity index (χ0v) is 17.3. The van der Waals surface area contributed by atoms with Gasteiger partial charge in [-0.15, -0.1) is 0 Å². The monoisotopic (exact) mass is 434 g/mol. The number of nitrogens with zero attached hydrogens (tertiary/aromatic N) is 1. The molecule has 0 spiro atoms. The van der Waals surface area contributed by atoms with Gasteiger partial charge in [0, 0.05) is 18.8 Å². The molecule has 3 N–H and O–H groups in total. The number of hydrogen-bond donors (Lipinski definition) is 3. The van der Waals surface area contributed by atoms with Crippen molar-refractivity contribution in [2.24, 2.45) is 0 Å². The van der Waals surface area contributed by atoms with Gasteiger partial charge >= 0.3 is 5.97 Å². The number of carbonyl (C=O) groups excluding carboxylic acids is 1. The Bertz CT molecular complexity index is 1170. The van der Waals surface area contributed by atoms with Crippen LogP contribution in [0, 0.1) is 5.82 Å². The maximum absolute atomic E-state index is 13.6. The van der Waals surface area contributed by atoms with Gasteiger partial charge in [-0.05, 0) is 72.9 Å². The van der Waals surface area contributed by atoms with Crippen LogP contribution in [0.1, 0.15) is 40.0 Å². The van der Waals surface area contributed by atoms with Crippen LogP contribution in [-0.2, 0) is 0 Å². The van der Waals surface area contributed by atoms with Crippen LogP contribution < -0.4 is 10.2 Å². The number of piperidine rings is 1. The number of carboxylic acid groups (broad SMARTS) is 1. The summed E-state index contributed by atoms with van der Waals surface area (Å²) in [5.41, 5.74) is 1.95. The Morgan fingerprint density at radius 1 is 0.875 bits per heavy atom. The molecule has 1 aliphatic heterocycles. The summed E-state index contributed by atoms with van der Waals surface area (Å²) in [6.45, 7) is 1.76. The number of aromatic hydroxyl groups is 1. The third-order valence-corrected chi connectivity index (χ3v) is 5.60. The molecule has 0 aromatic heterocycles. The zero-order valence-electron chi connectivity index (χ0n) is 17.3. The maximum atomic E-state index is 13.6. The normalized spacial score (nSPS) is 13.6. The Balaban J connectivity index is 1.66. The minimum atomic E-state index is -1.21. The first-order valence-corrected chi connectivity index (χ1v) is 10.4. The van der Waals surface area contributed by atoms with Crippen molar-refractivity contribution in [2.45, 2.75) is 19.3 Å². The summed E-state index contributed by atoms with van der Waals surface area (Å²) in [6, 6.07) is 15.2. The topological polar surface area (TPSA) is 89.9 Å². The summed E-state index contributed by atoms with van der Waals surface area (Å²) in [4.78, 5) is 26.9. The molecule has 0 atom stereocenters. The van der Waals surface area contributed by atoms with E-state index in [0.29, 0.717) is 11.1 Å². The Morgan fingerprint density at radius 2 is 1.62 bits per heavy atom. The van der Waals surface area contributed by atoms with E-state index < -0.39 is 17.7 Å². The summed E-state index contributed by atoms with van der Waals surface area (Å²) in [6.07, 6.45) is 3.30. The van der Waals surface area contributed by atoms with Crippen molar-refractivity contribution in [3.8, 4) is 16.9 Å². The van der Waals surface area contributed by atoms with E-state index in [2.05, 4.69) is 10.2 Å². The number of anilines is 2. The summed E-state index contributed by atoms with van der Waals surface area (Å²) in [5, 5.41) is 22.5. The average molecular weight is 434 g/mol. The van der Waals surface area contributed by atoms with Crippen LogP contribution in [0.15, 0.2) is 60.7 Å². The van der Waals surface area contributed by atoms with E-state index in [1.165, 1.54) is 36.8 Å². The van der Waals surface area contributed by atoms with E-state index in [4.69, 9.17) is 0 Å². The molecule has 0 bridgehead atoms. The molecule has 3 aromatic carbocycles. The molecular formula is C25H23FN2O4. The van der Waals surface area contributed by atoms with Gasteiger partial charge in [-0.1, -0.05) is 18.2 Å². The molecule has 0 radical (unpaired) electrons. The molecule has 6 nitrogen and oxygen atoms in total. The molecule has 32 heavy (non-hydrogen) atoms. The molecule has 164 valence electrons. The number of phenols is 1. The van der Waals surface area contributed by atoms with Crippen molar-refractivity contribution in [3.63, 3.8) is 0 Å². The first-order chi connectivity index (χ1) is 15.4. The predicted octanol–water partition coefficient (Wildman–Crippen LogP) is 5.14. The quantitative estimate of drug-likeness (QED) is 0.517. The second-order valence-corrected chi connectivity index (χ2v) is 7.78. The molecule has 0 aliphatic carbocycles. The zero-order chi connectivity index (χ0) is 22.7. The van der Waals surface area contributed by atoms with Crippen LogP contribution in [0.4, 0.5) is 15.8 Å². The van der Waals surface area contributed by atoms with Crippen LogP contribution >= 0.6 is 0 Å². The summed E-state index contributed by atoms with van der Waals surface area (Å²) >= 11 is 0. The van der Waals surface area contributed by atoms with Gasteiger partial charge in [0.2, 0.25) is 0 Å². The van der Waals surface area contributed by atoms with Gasteiger partial charge in [0.15, 0.2) is 0 Å². The standard InChI is InChI=1S/C25H23FN2O4/c26-18-6-4-5-16(13-18)17-7-9-20(25(31)32)22(14-17)27-24(30)21-15-19(8-10-23(21)29)28-11-2-1-3-12-28/h4-10,13-15,29H,1-3,11-12H2,(H,27,30)(H,31,32). The molecule has 1 amide bonds. The van der Waals surface area contributed by atoms with E-state index >= 15 is 0 Å². The van der Waals surface area contributed by atoms with Gasteiger partial charge in [0.05, 0.1) is 16.8 Å². The van der Waals surface area contributed by atoms with Crippen molar-refractivity contribution < 1.29 is 24.2 Å². The molecule has 1 heterocycles. The fraction of sp³-hybridized carbons (Fsp3) is 0.200. The molecule has 4 rings (SSSR count). The number of carboxylic acids is 1. The molecule has 1 aliphatic rings. The number of amides is 1. The van der Waals surface area contributed by atoms with Gasteiger partial charge in [-0.2, -0.15) is 0 Å². The Labute approximate surface area is 184 Å². The lowest BCUT2D eigenvalue weighted by Crippen LogP contribution is -2.29. The average Bonchev–Trinajstić information content (AvgIpc) is 2.79. The molecule has 0 saturated carbocycles. The van der Waals surface area contributed by atoms with Crippen LogP contribution in [-0.4, -0.2) is 35.2 Å². The maximum Gasteiger partial charge on any atom is 0.337 e. The lowest BCUT2D eigenvalue weighted by molar-refractivity contribution is 0.0698. The van der Waals surface area contributed by atoms with E-state index in [1.807, 2.05) is 0 Å². The van der Waals surface area contributed by atoms with Gasteiger partial charge in [-0.25, -0.2) is 9.18 Å². The predicted molar refractivity (Wildman–Crippen MR) is 121 cm³/mol. The highest BCUT2D eigenvalue weighted by Crippen LogP contribution is 2.30. The van der Waals surface area contributed by atoms with E-state index in [-0.39, 0.29) is 22.6 Å². The number of benzene rings is 3. The van der Waals surface area contributed by atoms with Gasteiger partial charge < -0.3 is 20.4 Å². The fourth-order valence-electron chi connectivity index (χ4n) is 3.93. The third kappa shape index (κ3) is 4.56. The van der Waals surface area contributed by atoms with Crippen LogP contribution in [0.2, 0.25) is 0 Å². The molecule has 0 unspecified atom stereocenters. The van der Waals surface area contributed by atoms with Crippen LogP contribution in [0.25, 0.3) is 11.1 Å². The summed E-state index contributed by atoms with van der Waals surface area (Å²) < 4.78 is 13.6. The van der Waals surface area contributed by atoms with E-state index in [0.717, 1.165) is 31.6 Å². The number of halogens is 1. The first kappa shape index (κ1) is 21.4. The van der Waals surface area contributed by atoms with Crippen molar-refractivity contribution in [1.29, 1.82) is 0 Å². The van der Waals surface area contributed by atoms with Crippen molar-refractivity contribution in [3.05, 3.63) is 77.6 Å². The van der Waals surface area contributed by atoms with Gasteiger partial charge in [-0.3, -0.25) is 4.79 Å². The summed E-state index contributed by atoms with van der Waals surface area (Å²) in [7, 11) is 0. The second kappa shape index (κ2) is 9.09. The van der Waals surface area contributed by atoms with E-state index in [1.54, 1.807) is 30.3 Å². The van der Waals surface area contributed by atoms with Crippen LogP contribution in [0.5, 0.6) is 5.75 Å². The van der Waals surface area contributed by atoms with E-state index in [9.17, 15) is 24.2 Å². The Hall–Kier alpha value is -3.87. The number of nitrogens with one attached hydrogen (secondary N) is 1. The molecule has 3 aromatic rings. The highest BCUT2D eigenvalue weighted by atomic mass is 19.1. The second-order valence-electron chi connectivity index (χ2n) is 7.78. The highest BCUT2D eigenvalue weighted by molar-refractivity contribution is 6.10.